The first kappa shape index (κ1) is 20.6. The molecule has 0 spiro atoms. The highest BCUT2D eigenvalue weighted by atomic mass is 16.1. The van der Waals surface area contributed by atoms with E-state index in [0.717, 1.165) is 24.4 Å². The smallest absolute Gasteiger partial charge is 0.251 e. The predicted octanol–water partition coefficient (Wildman–Crippen LogP) is 5.44. The minimum absolute atomic E-state index is 0.00708. The van der Waals surface area contributed by atoms with Crippen LogP contribution in [0.3, 0.4) is 0 Å². The van der Waals surface area contributed by atoms with E-state index in [1.165, 1.54) is 37.1 Å². The number of hydrogen-bond donors (Lipinski definition) is 1. The van der Waals surface area contributed by atoms with Crippen molar-refractivity contribution in [2.24, 2.45) is 11.8 Å². The molecule has 150 valence electrons. The molecular formula is C25H34N2O. The van der Waals surface area contributed by atoms with Gasteiger partial charge in [0.2, 0.25) is 0 Å². The van der Waals surface area contributed by atoms with Crippen molar-refractivity contribution in [3.8, 4) is 0 Å². The van der Waals surface area contributed by atoms with Crippen LogP contribution in [0.25, 0.3) is 0 Å². The normalized spacial score (nSPS) is 18.8. The van der Waals surface area contributed by atoms with Crippen LogP contribution in [-0.4, -0.2) is 23.9 Å². The fourth-order valence-electron chi connectivity index (χ4n) is 4.13. The maximum atomic E-state index is 12.8. The lowest BCUT2D eigenvalue weighted by Crippen LogP contribution is -2.33. The van der Waals surface area contributed by atoms with Crippen molar-refractivity contribution in [2.45, 2.75) is 52.6 Å². The fraction of sp³-hybridized carbons (Fsp3) is 0.480. The summed E-state index contributed by atoms with van der Waals surface area (Å²) in [6.45, 7) is 10.1. The molecule has 0 aromatic heterocycles. The Bertz CT molecular complexity index is 739. The quantitative estimate of drug-likeness (QED) is 0.696. The van der Waals surface area contributed by atoms with E-state index >= 15 is 0 Å². The predicted molar refractivity (Wildman–Crippen MR) is 116 cm³/mol. The third-order valence-corrected chi connectivity index (χ3v) is 5.58. The maximum Gasteiger partial charge on any atom is 0.251 e. The van der Waals surface area contributed by atoms with Crippen LogP contribution in [0, 0.1) is 11.8 Å². The van der Waals surface area contributed by atoms with Crippen LogP contribution in [0.5, 0.6) is 0 Å². The number of piperidine rings is 1. The van der Waals surface area contributed by atoms with Gasteiger partial charge in [-0.25, -0.2) is 0 Å². The lowest BCUT2D eigenvalue weighted by Gasteiger charge is -2.30. The van der Waals surface area contributed by atoms with Gasteiger partial charge in [-0.1, -0.05) is 63.2 Å². The summed E-state index contributed by atoms with van der Waals surface area (Å²) in [7, 11) is 0. The van der Waals surface area contributed by atoms with Gasteiger partial charge in [0.25, 0.3) is 5.91 Å². The summed E-state index contributed by atoms with van der Waals surface area (Å²) >= 11 is 0. The number of nitrogens with zero attached hydrogens (tertiary/aromatic N) is 1. The van der Waals surface area contributed by atoms with Crippen LogP contribution < -0.4 is 5.32 Å². The molecule has 3 nitrogen and oxygen atoms in total. The molecule has 1 N–H and O–H groups in total. The first-order valence-corrected chi connectivity index (χ1v) is 10.7. The average Bonchev–Trinajstić information content (AvgIpc) is 2.68. The van der Waals surface area contributed by atoms with Gasteiger partial charge in [0.15, 0.2) is 0 Å². The topological polar surface area (TPSA) is 32.3 Å². The van der Waals surface area contributed by atoms with Crippen molar-refractivity contribution in [3.05, 3.63) is 71.3 Å². The van der Waals surface area contributed by atoms with E-state index < -0.39 is 0 Å². The monoisotopic (exact) mass is 378 g/mol. The third kappa shape index (κ3) is 5.93. The summed E-state index contributed by atoms with van der Waals surface area (Å²) in [4.78, 5) is 15.4. The highest BCUT2D eigenvalue weighted by Crippen LogP contribution is 2.22. The van der Waals surface area contributed by atoms with Gasteiger partial charge in [-0.05, 0) is 60.9 Å². The SMILES string of the molecule is CC(C)CC(NC(=O)c1ccc(CN2CCCC(C)C2)cc1)c1ccccc1. The number of nitrogens with one attached hydrogen (secondary N) is 1. The molecule has 1 heterocycles. The summed E-state index contributed by atoms with van der Waals surface area (Å²) < 4.78 is 0. The van der Waals surface area contributed by atoms with Gasteiger partial charge in [0.1, 0.15) is 0 Å². The molecule has 2 aromatic rings. The minimum atomic E-state index is 0.00708. The molecule has 3 heteroatoms. The van der Waals surface area contributed by atoms with E-state index in [2.05, 4.69) is 55.3 Å². The van der Waals surface area contributed by atoms with Gasteiger partial charge >= 0.3 is 0 Å². The van der Waals surface area contributed by atoms with Crippen LogP contribution in [0.1, 0.15) is 67.6 Å². The van der Waals surface area contributed by atoms with Crippen molar-refractivity contribution in [1.29, 1.82) is 0 Å². The van der Waals surface area contributed by atoms with Crippen molar-refractivity contribution in [2.75, 3.05) is 13.1 Å². The van der Waals surface area contributed by atoms with Crippen LogP contribution >= 0.6 is 0 Å². The zero-order valence-corrected chi connectivity index (χ0v) is 17.5. The summed E-state index contributed by atoms with van der Waals surface area (Å²) in [6.07, 6.45) is 3.56. The summed E-state index contributed by atoms with van der Waals surface area (Å²) in [5, 5.41) is 3.24. The van der Waals surface area contributed by atoms with Gasteiger partial charge < -0.3 is 5.32 Å². The highest BCUT2D eigenvalue weighted by molar-refractivity contribution is 5.94. The molecule has 2 unspecified atom stereocenters. The lowest BCUT2D eigenvalue weighted by molar-refractivity contribution is 0.0932. The molecule has 0 bridgehead atoms. The van der Waals surface area contributed by atoms with E-state index in [4.69, 9.17) is 0 Å². The summed E-state index contributed by atoms with van der Waals surface area (Å²) in [6, 6.07) is 18.5. The number of benzene rings is 2. The highest BCUT2D eigenvalue weighted by Gasteiger charge is 2.18. The van der Waals surface area contributed by atoms with Crippen LogP contribution in [-0.2, 0) is 6.54 Å². The van der Waals surface area contributed by atoms with Gasteiger partial charge in [0.05, 0.1) is 6.04 Å². The van der Waals surface area contributed by atoms with Gasteiger partial charge in [-0.3, -0.25) is 9.69 Å². The molecule has 2 aromatic carbocycles. The molecule has 2 atom stereocenters. The van der Waals surface area contributed by atoms with E-state index in [1.54, 1.807) is 0 Å². The number of carbonyl (C=O) groups is 1. The van der Waals surface area contributed by atoms with E-state index in [9.17, 15) is 4.79 Å². The van der Waals surface area contributed by atoms with Crippen molar-refractivity contribution in [3.63, 3.8) is 0 Å². The molecule has 0 aliphatic carbocycles. The second-order valence-corrected chi connectivity index (χ2v) is 8.75. The number of likely N-dealkylation sites (tertiary alicyclic amines) is 1. The number of hydrogen-bond acceptors (Lipinski definition) is 2. The maximum absolute atomic E-state index is 12.8. The van der Waals surface area contributed by atoms with E-state index in [1.807, 2.05) is 30.3 Å². The van der Waals surface area contributed by atoms with Crippen molar-refractivity contribution in [1.82, 2.24) is 10.2 Å². The minimum Gasteiger partial charge on any atom is -0.345 e. The fourth-order valence-corrected chi connectivity index (χ4v) is 4.13. The van der Waals surface area contributed by atoms with Gasteiger partial charge in [-0.2, -0.15) is 0 Å². The molecule has 1 fully saturated rings. The molecule has 1 aliphatic rings. The largest absolute Gasteiger partial charge is 0.345 e. The van der Waals surface area contributed by atoms with E-state index in [-0.39, 0.29) is 11.9 Å². The zero-order chi connectivity index (χ0) is 19.9. The van der Waals surface area contributed by atoms with Gasteiger partial charge in [0, 0.05) is 18.7 Å². The Hall–Kier alpha value is -2.13. The van der Waals surface area contributed by atoms with Crippen molar-refractivity contribution < 1.29 is 4.79 Å². The lowest BCUT2D eigenvalue weighted by atomic mass is 9.96. The molecular weight excluding hydrogens is 344 g/mol. The Morgan fingerprint density at radius 3 is 2.46 bits per heavy atom. The Morgan fingerprint density at radius 2 is 1.82 bits per heavy atom. The van der Waals surface area contributed by atoms with E-state index in [0.29, 0.717) is 5.92 Å². The summed E-state index contributed by atoms with van der Waals surface area (Å²) in [5.74, 6) is 1.31. The molecule has 0 saturated carbocycles. The molecule has 28 heavy (non-hydrogen) atoms. The molecule has 1 amide bonds. The first-order chi connectivity index (χ1) is 13.5. The second-order valence-electron chi connectivity index (χ2n) is 8.75. The average molecular weight is 379 g/mol. The second kappa shape index (κ2) is 9.88. The molecule has 1 saturated heterocycles. The summed E-state index contributed by atoms with van der Waals surface area (Å²) in [5.41, 5.74) is 3.19. The van der Waals surface area contributed by atoms with Crippen LogP contribution in [0.4, 0.5) is 0 Å². The Morgan fingerprint density at radius 1 is 1.11 bits per heavy atom. The molecule has 0 radical (unpaired) electrons. The van der Waals surface area contributed by atoms with Gasteiger partial charge in [-0.15, -0.1) is 0 Å². The Kier molecular flexibility index (Phi) is 7.27. The Balaban J connectivity index is 1.62. The molecule has 1 aliphatic heterocycles. The number of amides is 1. The van der Waals surface area contributed by atoms with Crippen molar-refractivity contribution >= 4 is 5.91 Å². The zero-order valence-electron chi connectivity index (χ0n) is 17.5. The molecule has 3 rings (SSSR count). The number of rotatable bonds is 7. The first-order valence-electron chi connectivity index (χ1n) is 10.7. The number of carbonyl (C=O) groups excluding carboxylic acids is 1. The standard InChI is InChI=1S/C25H34N2O/c1-19(2)16-24(22-9-5-4-6-10-22)26-25(28)23-13-11-21(12-14-23)18-27-15-7-8-20(3)17-27/h4-6,9-14,19-20,24H,7-8,15-18H2,1-3H3,(H,26,28). The van der Waals surface area contributed by atoms with Crippen LogP contribution in [0.2, 0.25) is 0 Å². The Labute approximate surface area is 170 Å². The van der Waals surface area contributed by atoms with Crippen LogP contribution in [0.15, 0.2) is 54.6 Å². The third-order valence-electron chi connectivity index (χ3n) is 5.58.